The number of carbonyl (C=O) groups excluding carboxylic acids is 1. The zero-order valence-electron chi connectivity index (χ0n) is 12.2. The molecule has 1 N–H and O–H groups in total. The lowest BCUT2D eigenvalue weighted by molar-refractivity contribution is -0.152. The number of aliphatic carboxylic acids is 1. The molecule has 0 aromatic carbocycles. The molecule has 0 spiro atoms. The average Bonchev–Trinajstić information content (AvgIpc) is 2.46. The van der Waals surface area contributed by atoms with Gasteiger partial charge in [-0.15, -0.1) is 13.2 Å². The smallest absolute Gasteiger partial charge is 0.320 e. The van der Waals surface area contributed by atoms with Crippen molar-refractivity contribution in [3.8, 4) is 0 Å². The summed E-state index contributed by atoms with van der Waals surface area (Å²) in [6, 6.07) is -0.0695. The van der Waals surface area contributed by atoms with Gasteiger partial charge in [0.05, 0.1) is 5.41 Å². The lowest BCUT2D eigenvalue weighted by Crippen LogP contribution is -2.50. The van der Waals surface area contributed by atoms with E-state index in [0.717, 1.165) is 0 Å². The van der Waals surface area contributed by atoms with Crippen molar-refractivity contribution in [2.45, 2.75) is 26.2 Å². The van der Waals surface area contributed by atoms with Crippen molar-refractivity contribution in [1.82, 2.24) is 9.80 Å². The third-order valence-corrected chi connectivity index (χ3v) is 4.09. The molecule has 0 aliphatic carbocycles. The summed E-state index contributed by atoms with van der Waals surface area (Å²) >= 11 is 0. The van der Waals surface area contributed by atoms with Crippen molar-refractivity contribution in [3.63, 3.8) is 0 Å². The van der Waals surface area contributed by atoms with Crippen molar-refractivity contribution in [2.75, 3.05) is 26.2 Å². The summed E-state index contributed by atoms with van der Waals surface area (Å²) in [4.78, 5) is 27.1. The van der Waals surface area contributed by atoms with Gasteiger partial charge >= 0.3 is 12.0 Å². The summed E-state index contributed by atoms with van der Waals surface area (Å²) < 4.78 is 0. The molecule has 1 rings (SSSR count). The maximum Gasteiger partial charge on any atom is 0.320 e. The third kappa shape index (κ3) is 3.40. The van der Waals surface area contributed by atoms with Crippen LogP contribution in [0.4, 0.5) is 4.79 Å². The predicted octanol–water partition coefficient (Wildman–Crippen LogP) is 2.36. The molecule has 5 nitrogen and oxygen atoms in total. The molecule has 0 aromatic rings. The first-order chi connectivity index (χ1) is 9.50. The minimum atomic E-state index is -0.749. The topological polar surface area (TPSA) is 60.9 Å². The second-order valence-electron chi connectivity index (χ2n) is 5.19. The maximum absolute atomic E-state index is 12.4. The fraction of sp³-hybridized carbons (Fsp3) is 0.600. The van der Waals surface area contributed by atoms with Crippen LogP contribution in [0.5, 0.6) is 0 Å². The van der Waals surface area contributed by atoms with Crippen LogP contribution in [0.25, 0.3) is 0 Å². The largest absolute Gasteiger partial charge is 0.481 e. The molecule has 1 aliphatic rings. The number of carboxylic acid groups (broad SMARTS) is 1. The van der Waals surface area contributed by atoms with E-state index in [1.165, 1.54) is 0 Å². The zero-order chi connectivity index (χ0) is 15.2. The number of piperidine rings is 1. The Labute approximate surface area is 120 Å². The Morgan fingerprint density at radius 3 is 2.10 bits per heavy atom. The van der Waals surface area contributed by atoms with E-state index in [9.17, 15) is 14.7 Å². The number of amides is 2. The highest BCUT2D eigenvalue weighted by Gasteiger charge is 2.41. The standard InChI is InChI=1S/C15H24N2O3/c1-4-9-16(10-5-2)14(20)17-11-7-15(6-3,8-12-17)13(18)19/h4-5H,1-2,6-12H2,3H3,(H,18,19). The van der Waals surface area contributed by atoms with Crippen molar-refractivity contribution >= 4 is 12.0 Å². The molecule has 112 valence electrons. The highest BCUT2D eigenvalue weighted by Crippen LogP contribution is 2.35. The Hall–Kier alpha value is -1.78. The number of rotatable bonds is 6. The normalized spacial score (nSPS) is 17.4. The molecule has 20 heavy (non-hydrogen) atoms. The van der Waals surface area contributed by atoms with Crippen molar-refractivity contribution in [1.29, 1.82) is 0 Å². The quantitative estimate of drug-likeness (QED) is 0.760. The van der Waals surface area contributed by atoms with E-state index in [1.807, 2.05) is 6.92 Å². The molecule has 0 saturated carbocycles. The van der Waals surface area contributed by atoms with E-state index >= 15 is 0 Å². The monoisotopic (exact) mass is 280 g/mol. The van der Waals surface area contributed by atoms with Crippen LogP contribution in [-0.4, -0.2) is 53.1 Å². The van der Waals surface area contributed by atoms with Gasteiger partial charge in [-0.3, -0.25) is 4.79 Å². The van der Waals surface area contributed by atoms with Crippen LogP contribution < -0.4 is 0 Å². The van der Waals surface area contributed by atoms with E-state index in [0.29, 0.717) is 45.4 Å². The van der Waals surface area contributed by atoms with Crippen molar-refractivity contribution in [2.24, 2.45) is 5.41 Å². The highest BCUT2D eigenvalue weighted by atomic mass is 16.4. The first-order valence-electron chi connectivity index (χ1n) is 6.99. The molecule has 1 aliphatic heterocycles. The molecule has 0 radical (unpaired) electrons. The van der Waals surface area contributed by atoms with Crippen LogP contribution >= 0.6 is 0 Å². The maximum atomic E-state index is 12.4. The fourth-order valence-corrected chi connectivity index (χ4v) is 2.59. The lowest BCUT2D eigenvalue weighted by atomic mass is 9.76. The van der Waals surface area contributed by atoms with Crippen molar-refractivity contribution < 1.29 is 14.7 Å². The molecule has 1 heterocycles. The number of hydrogen-bond donors (Lipinski definition) is 1. The number of urea groups is 1. The number of carbonyl (C=O) groups is 2. The van der Waals surface area contributed by atoms with Gasteiger partial charge in [0.1, 0.15) is 0 Å². The first kappa shape index (κ1) is 16.3. The van der Waals surface area contributed by atoms with Crippen LogP contribution in [0.2, 0.25) is 0 Å². The van der Waals surface area contributed by atoms with Crippen LogP contribution in [0, 0.1) is 5.41 Å². The second-order valence-corrected chi connectivity index (χ2v) is 5.19. The Morgan fingerprint density at radius 1 is 1.25 bits per heavy atom. The molecule has 2 amide bonds. The minimum Gasteiger partial charge on any atom is -0.481 e. The van der Waals surface area contributed by atoms with Gasteiger partial charge in [-0.1, -0.05) is 19.1 Å². The van der Waals surface area contributed by atoms with E-state index in [-0.39, 0.29) is 6.03 Å². The van der Waals surface area contributed by atoms with Crippen LogP contribution in [0.1, 0.15) is 26.2 Å². The van der Waals surface area contributed by atoms with Gasteiger partial charge in [-0.25, -0.2) is 4.79 Å². The first-order valence-corrected chi connectivity index (χ1v) is 6.99. The Kier molecular flexibility index (Phi) is 5.80. The van der Waals surface area contributed by atoms with Gasteiger partial charge < -0.3 is 14.9 Å². The zero-order valence-corrected chi connectivity index (χ0v) is 12.2. The Balaban J connectivity index is 2.68. The summed E-state index contributed by atoms with van der Waals surface area (Å²) in [5, 5.41) is 9.35. The summed E-state index contributed by atoms with van der Waals surface area (Å²) in [5.74, 6) is -0.749. The van der Waals surface area contributed by atoms with Gasteiger partial charge in [0, 0.05) is 26.2 Å². The van der Waals surface area contributed by atoms with Crippen LogP contribution in [-0.2, 0) is 4.79 Å². The average molecular weight is 280 g/mol. The van der Waals surface area contributed by atoms with E-state index in [1.54, 1.807) is 22.0 Å². The SMILES string of the molecule is C=CCN(CC=C)C(=O)N1CCC(CC)(C(=O)O)CC1. The van der Waals surface area contributed by atoms with Crippen LogP contribution in [0.15, 0.2) is 25.3 Å². The molecular formula is C15H24N2O3. The fourth-order valence-electron chi connectivity index (χ4n) is 2.59. The van der Waals surface area contributed by atoms with Gasteiger partial charge in [-0.2, -0.15) is 0 Å². The number of carboxylic acids is 1. The molecule has 0 aromatic heterocycles. The molecule has 1 saturated heterocycles. The van der Waals surface area contributed by atoms with Gasteiger partial charge in [0.15, 0.2) is 0 Å². The molecule has 0 bridgehead atoms. The predicted molar refractivity (Wildman–Crippen MR) is 78.5 cm³/mol. The number of likely N-dealkylation sites (tertiary alicyclic amines) is 1. The van der Waals surface area contributed by atoms with E-state index in [2.05, 4.69) is 13.2 Å². The Morgan fingerprint density at radius 2 is 1.75 bits per heavy atom. The second kappa shape index (κ2) is 7.12. The summed E-state index contributed by atoms with van der Waals surface area (Å²) in [6.45, 7) is 11.1. The minimum absolute atomic E-state index is 0.0695. The summed E-state index contributed by atoms with van der Waals surface area (Å²) in [7, 11) is 0. The molecule has 5 heteroatoms. The van der Waals surface area contributed by atoms with E-state index in [4.69, 9.17) is 0 Å². The Bertz CT molecular complexity index is 375. The van der Waals surface area contributed by atoms with Gasteiger partial charge in [0.25, 0.3) is 0 Å². The lowest BCUT2D eigenvalue weighted by Gasteiger charge is -2.40. The molecule has 1 fully saturated rings. The number of nitrogens with zero attached hydrogens (tertiary/aromatic N) is 2. The number of hydrogen-bond acceptors (Lipinski definition) is 2. The van der Waals surface area contributed by atoms with E-state index < -0.39 is 11.4 Å². The summed E-state index contributed by atoms with van der Waals surface area (Å²) in [6.07, 6.45) is 4.99. The van der Waals surface area contributed by atoms with Gasteiger partial charge in [0.2, 0.25) is 0 Å². The third-order valence-electron chi connectivity index (χ3n) is 4.09. The van der Waals surface area contributed by atoms with Crippen molar-refractivity contribution in [3.05, 3.63) is 25.3 Å². The molecule has 0 atom stereocenters. The highest BCUT2D eigenvalue weighted by molar-refractivity contribution is 5.77. The molecule has 0 unspecified atom stereocenters. The summed E-state index contributed by atoms with van der Waals surface area (Å²) in [5.41, 5.74) is -0.668. The van der Waals surface area contributed by atoms with Crippen LogP contribution in [0.3, 0.4) is 0 Å². The van der Waals surface area contributed by atoms with Gasteiger partial charge in [-0.05, 0) is 19.3 Å². The molecular weight excluding hydrogens is 256 g/mol.